The van der Waals surface area contributed by atoms with Gasteiger partial charge < -0.3 is 20.5 Å². The van der Waals surface area contributed by atoms with Crippen LogP contribution in [0.25, 0.3) is 0 Å². The van der Waals surface area contributed by atoms with Gasteiger partial charge in [0.1, 0.15) is 0 Å². The van der Waals surface area contributed by atoms with E-state index in [4.69, 9.17) is 15.2 Å². The summed E-state index contributed by atoms with van der Waals surface area (Å²) in [4.78, 5) is 12.3. The average molecular weight is 360 g/mol. The number of halogens is 3. The summed E-state index contributed by atoms with van der Waals surface area (Å²) in [6, 6.07) is 4.56. The third kappa shape index (κ3) is 5.52. The van der Waals surface area contributed by atoms with Crippen LogP contribution < -0.4 is 20.5 Å². The Morgan fingerprint density at radius 3 is 2.72 bits per heavy atom. The van der Waals surface area contributed by atoms with Crippen molar-refractivity contribution in [3.63, 3.8) is 0 Å². The molecule has 1 aliphatic carbocycles. The minimum atomic E-state index is -4.42. The van der Waals surface area contributed by atoms with Crippen molar-refractivity contribution in [1.82, 2.24) is 5.32 Å². The molecule has 1 aromatic carbocycles. The first-order valence-corrected chi connectivity index (χ1v) is 8.18. The molecule has 25 heavy (non-hydrogen) atoms. The van der Waals surface area contributed by atoms with Crippen LogP contribution in [-0.2, 0) is 11.3 Å². The molecule has 2 rings (SSSR count). The van der Waals surface area contributed by atoms with Crippen molar-refractivity contribution in [3.8, 4) is 11.5 Å². The zero-order chi connectivity index (χ0) is 18.4. The van der Waals surface area contributed by atoms with Gasteiger partial charge in [0.2, 0.25) is 5.91 Å². The summed E-state index contributed by atoms with van der Waals surface area (Å²) in [6.45, 7) is -0.624. The Labute approximate surface area is 144 Å². The zero-order valence-electron chi connectivity index (χ0n) is 14.1. The van der Waals surface area contributed by atoms with E-state index in [1.54, 1.807) is 12.1 Å². The number of amides is 1. The SMILES string of the molecule is COc1cc(CNC(=O)[C@@H]2CCC[C@@H]2CN)ccc1OCC(F)(F)F. The van der Waals surface area contributed by atoms with Gasteiger partial charge in [-0.05, 0) is 43.0 Å². The predicted octanol–water partition coefficient (Wildman–Crippen LogP) is 2.63. The molecule has 5 nitrogen and oxygen atoms in total. The molecule has 1 aromatic rings. The number of alkyl halides is 3. The van der Waals surface area contributed by atoms with E-state index in [1.807, 2.05) is 0 Å². The van der Waals surface area contributed by atoms with E-state index in [-0.39, 0.29) is 35.8 Å². The highest BCUT2D eigenvalue weighted by molar-refractivity contribution is 5.79. The fourth-order valence-electron chi connectivity index (χ4n) is 3.09. The molecule has 140 valence electrons. The molecule has 0 spiro atoms. The molecule has 3 N–H and O–H groups in total. The van der Waals surface area contributed by atoms with Gasteiger partial charge in [0.05, 0.1) is 7.11 Å². The maximum Gasteiger partial charge on any atom is 0.422 e. The highest BCUT2D eigenvalue weighted by atomic mass is 19.4. The van der Waals surface area contributed by atoms with Gasteiger partial charge >= 0.3 is 6.18 Å². The van der Waals surface area contributed by atoms with E-state index < -0.39 is 12.8 Å². The molecule has 0 aromatic heterocycles. The molecule has 1 fully saturated rings. The van der Waals surface area contributed by atoms with E-state index in [0.717, 1.165) is 19.3 Å². The number of methoxy groups -OCH3 is 1. The van der Waals surface area contributed by atoms with Crippen molar-refractivity contribution in [2.45, 2.75) is 32.0 Å². The van der Waals surface area contributed by atoms with E-state index in [0.29, 0.717) is 12.1 Å². The number of benzene rings is 1. The van der Waals surface area contributed by atoms with Crippen molar-refractivity contribution < 1.29 is 27.4 Å². The second-order valence-electron chi connectivity index (χ2n) is 6.14. The van der Waals surface area contributed by atoms with E-state index >= 15 is 0 Å². The summed E-state index contributed by atoms with van der Waals surface area (Å²) in [5.41, 5.74) is 6.41. The Bertz CT molecular complexity index is 593. The van der Waals surface area contributed by atoms with Crippen molar-refractivity contribution in [3.05, 3.63) is 23.8 Å². The second-order valence-corrected chi connectivity index (χ2v) is 6.14. The minimum Gasteiger partial charge on any atom is -0.493 e. The minimum absolute atomic E-state index is 0.00823. The topological polar surface area (TPSA) is 73.6 Å². The summed E-state index contributed by atoms with van der Waals surface area (Å²) in [7, 11) is 1.35. The molecule has 0 saturated heterocycles. The van der Waals surface area contributed by atoms with Crippen LogP contribution in [0.2, 0.25) is 0 Å². The fourth-order valence-corrected chi connectivity index (χ4v) is 3.09. The lowest BCUT2D eigenvalue weighted by molar-refractivity contribution is -0.153. The molecule has 1 saturated carbocycles. The monoisotopic (exact) mass is 360 g/mol. The third-order valence-electron chi connectivity index (χ3n) is 4.38. The molecular formula is C17H23F3N2O3. The van der Waals surface area contributed by atoms with Crippen molar-refractivity contribution >= 4 is 5.91 Å². The summed E-state index contributed by atoms with van der Waals surface area (Å²) in [5, 5.41) is 2.86. The maximum absolute atomic E-state index is 12.3. The smallest absolute Gasteiger partial charge is 0.422 e. The number of carbonyl (C=O) groups is 1. The van der Waals surface area contributed by atoms with Gasteiger partial charge in [-0.25, -0.2) is 0 Å². The van der Waals surface area contributed by atoms with E-state index in [1.165, 1.54) is 13.2 Å². The van der Waals surface area contributed by atoms with Gasteiger partial charge in [-0.1, -0.05) is 12.5 Å². The van der Waals surface area contributed by atoms with E-state index in [2.05, 4.69) is 5.32 Å². The van der Waals surface area contributed by atoms with E-state index in [9.17, 15) is 18.0 Å². The summed E-state index contributed by atoms with van der Waals surface area (Å²) < 4.78 is 46.6. The standard InChI is InChI=1S/C17H23F3N2O3/c1-24-15-7-11(5-6-14(15)25-10-17(18,19)20)9-22-16(23)13-4-2-3-12(13)8-21/h5-7,12-13H,2-4,8-10,21H2,1H3,(H,22,23)/t12-,13-/m1/s1. The van der Waals surface area contributed by atoms with Gasteiger partial charge in [-0.15, -0.1) is 0 Å². The first kappa shape index (κ1) is 19.4. The van der Waals surface area contributed by atoms with Crippen molar-refractivity contribution in [1.29, 1.82) is 0 Å². The summed E-state index contributed by atoms with van der Waals surface area (Å²) in [5.74, 6) is 0.309. The lowest BCUT2D eigenvalue weighted by Crippen LogP contribution is -2.34. The molecule has 0 unspecified atom stereocenters. The molecule has 0 radical (unpaired) electrons. The Kier molecular flexibility index (Phi) is 6.52. The summed E-state index contributed by atoms with van der Waals surface area (Å²) >= 11 is 0. The normalized spacial score (nSPS) is 20.4. The Hall–Kier alpha value is -1.96. The quantitative estimate of drug-likeness (QED) is 0.784. The number of nitrogens with two attached hydrogens (primary N) is 1. The third-order valence-corrected chi connectivity index (χ3v) is 4.38. The molecule has 8 heteroatoms. The first-order valence-electron chi connectivity index (χ1n) is 8.18. The number of ether oxygens (including phenoxy) is 2. The molecule has 0 bridgehead atoms. The van der Waals surface area contributed by atoms with Crippen LogP contribution in [0.1, 0.15) is 24.8 Å². The molecule has 0 aliphatic heterocycles. The van der Waals surface area contributed by atoms with Crippen LogP contribution in [0.3, 0.4) is 0 Å². The van der Waals surface area contributed by atoms with Crippen molar-refractivity contribution in [2.75, 3.05) is 20.3 Å². The van der Waals surface area contributed by atoms with Gasteiger partial charge in [0, 0.05) is 12.5 Å². The van der Waals surface area contributed by atoms with Gasteiger partial charge in [0.25, 0.3) is 0 Å². The van der Waals surface area contributed by atoms with Crippen LogP contribution in [0.15, 0.2) is 18.2 Å². The van der Waals surface area contributed by atoms with Crippen molar-refractivity contribution in [2.24, 2.45) is 17.6 Å². The Morgan fingerprint density at radius 1 is 1.32 bits per heavy atom. The summed E-state index contributed by atoms with van der Waals surface area (Å²) in [6.07, 6.45) is -1.62. The largest absolute Gasteiger partial charge is 0.493 e. The molecule has 1 aliphatic rings. The van der Waals surface area contributed by atoms with Gasteiger partial charge in [-0.3, -0.25) is 4.79 Å². The van der Waals surface area contributed by atoms with Crippen LogP contribution >= 0.6 is 0 Å². The van der Waals surface area contributed by atoms with Crippen LogP contribution in [0.4, 0.5) is 13.2 Å². The average Bonchev–Trinajstić information content (AvgIpc) is 3.06. The number of carbonyl (C=O) groups excluding carboxylic acids is 1. The second kappa shape index (κ2) is 8.42. The molecule has 2 atom stereocenters. The van der Waals surface area contributed by atoms with Crippen LogP contribution in [-0.4, -0.2) is 32.3 Å². The Balaban J connectivity index is 1.95. The van der Waals surface area contributed by atoms with Gasteiger partial charge in [-0.2, -0.15) is 13.2 Å². The Morgan fingerprint density at radius 2 is 2.08 bits per heavy atom. The molecular weight excluding hydrogens is 337 g/mol. The van der Waals surface area contributed by atoms with Crippen LogP contribution in [0.5, 0.6) is 11.5 Å². The molecule has 0 heterocycles. The molecule has 1 amide bonds. The van der Waals surface area contributed by atoms with Crippen LogP contribution in [0, 0.1) is 11.8 Å². The fraction of sp³-hybridized carbons (Fsp3) is 0.588. The number of hydrogen-bond acceptors (Lipinski definition) is 4. The zero-order valence-corrected chi connectivity index (χ0v) is 14.1. The number of nitrogens with one attached hydrogen (secondary N) is 1. The highest BCUT2D eigenvalue weighted by Crippen LogP contribution is 2.32. The lowest BCUT2D eigenvalue weighted by atomic mass is 9.95. The first-order chi connectivity index (χ1) is 11.8. The predicted molar refractivity (Wildman–Crippen MR) is 86.3 cm³/mol. The highest BCUT2D eigenvalue weighted by Gasteiger charge is 2.32. The number of hydrogen-bond donors (Lipinski definition) is 2. The lowest BCUT2D eigenvalue weighted by Gasteiger charge is -2.18. The van der Waals surface area contributed by atoms with Gasteiger partial charge in [0.15, 0.2) is 18.1 Å². The maximum atomic E-state index is 12.3. The number of rotatable bonds is 7.